The van der Waals surface area contributed by atoms with Crippen LogP contribution in [-0.2, 0) is 6.61 Å². The predicted octanol–water partition coefficient (Wildman–Crippen LogP) is 3.30. The molecule has 0 fully saturated rings. The van der Waals surface area contributed by atoms with Gasteiger partial charge in [0.15, 0.2) is 0 Å². The van der Waals surface area contributed by atoms with Crippen LogP contribution >= 0.6 is 0 Å². The second-order valence-corrected chi connectivity index (χ2v) is 4.41. The highest BCUT2D eigenvalue weighted by molar-refractivity contribution is 5.43. The molecular weight excluding hydrogens is 256 g/mol. The molecule has 106 valence electrons. The van der Waals surface area contributed by atoms with Crippen LogP contribution in [0.4, 0.5) is 0 Å². The molecule has 2 rings (SSSR count). The van der Waals surface area contributed by atoms with Crippen molar-refractivity contribution in [2.75, 3.05) is 14.2 Å². The molecule has 1 N–H and O–H groups in total. The highest BCUT2D eigenvalue weighted by Gasteiger charge is 2.06. The second-order valence-electron chi connectivity index (χ2n) is 4.41. The van der Waals surface area contributed by atoms with Crippen molar-refractivity contribution >= 4 is 0 Å². The number of benzene rings is 2. The SMILES string of the molecule is COc1cc(COc2cccc(O)c2C)cc(OC)c1. The quantitative estimate of drug-likeness (QED) is 0.908. The molecule has 2 aromatic rings. The molecule has 2 aromatic carbocycles. The Morgan fingerprint density at radius 1 is 1.00 bits per heavy atom. The third-order valence-electron chi connectivity index (χ3n) is 3.06. The van der Waals surface area contributed by atoms with Crippen LogP contribution in [0, 0.1) is 6.92 Å². The van der Waals surface area contributed by atoms with Gasteiger partial charge in [0.2, 0.25) is 0 Å². The molecule has 0 unspecified atom stereocenters. The molecule has 0 aliphatic carbocycles. The zero-order valence-electron chi connectivity index (χ0n) is 11.8. The number of aromatic hydroxyl groups is 1. The summed E-state index contributed by atoms with van der Waals surface area (Å²) in [7, 11) is 3.22. The highest BCUT2D eigenvalue weighted by Crippen LogP contribution is 2.28. The highest BCUT2D eigenvalue weighted by atomic mass is 16.5. The minimum Gasteiger partial charge on any atom is -0.508 e. The standard InChI is InChI=1S/C16H18O4/c1-11-15(17)5-4-6-16(11)20-10-12-7-13(18-2)9-14(8-12)19-3/h4-9,17H,10H2,1-3H3. The topological polar surface area (TPSA) is 47.9 Å². The number of rotatable bonds is 5. The van der Waals surface area contributed by atoms with E-state index in [1.165, 1.54) is 0 Å². The number of phenolic OH excluding ortho intramolecular Hbond substituents is 1. The lowest BCUT2D eigenvalue weighted by Gasteiger charge is -2.12. The Morgan fingerprint density at radius 3 is 2.25 bits per heavy atom. The van der Waals surface area contributed by atoms with Gasteiger partial charge in [-0.25, -0.2) is 0 Å². The van der Waals surface area contributed by atoms with E-state index in [4.69, 9.17) is 14.2 Å². The first-order chi connectivity index (χ1) is 9.63. The summed E-state index contributed by atoms with van der Waals surface area (Å²) in [5.41, 5.74) is 1.66. The monoisotopic (exact) mass is 274 g/mol. The van der Waals surface area contributed by atoms with E-state index in [1.807, 2.05) is 31.2 Å². The lowest BCUT2D eigenvalue weighted by Crippen LogP contribution is -1.98. The molecule has 0 saturated carbocycles. The number of methoxy groups -OCH3 is 2. The third-order valence-corrected chi connectivity index (χ3v) is 3.06. The van der Waals surface area contributed by atoms with Crippen LogP contribution in [-0.4, -0.2) is 19.3 Å². The normalized spacial score (nSPS) is 10.2. The summed E-state index contributed by atoms with van der Waals surface area (Å²) in [5, 5.41) is 9.64. The van der Waals surface area contributed by atoms with Crippen molar-refractivity contribution in [3.63, 3.8) is 0 Å². The average molecular weight is 274 g/mol. The average Bonchev–Trinajstić information content (AvgIpc) is 2.48. The van der Waals surface area contributed by atoms with Crippen LogP contribution in [0.1, 0.15) is 11.1 Å². The van der Waals surface area contributed by atoms with Crippen molar-refractivity contribution in [3.05, 3.63) is 47.5 Å². The van der Waals surface area contributed by atoms with Gasteiger partial charge >= 0.3 is 0 Å². The van der Waals surface area contributed by atoms with Gasteiger partial charge in [0, 0.05) is 11.6 Å². The first kappa shape index (κ1) is 14.1. The van der Waals surface area contributed by atoms with E-state index in [0.717, 1.165) is 22.6 Å². The van der Waals surface area contributed by atoms with E-state index < -0.39 is 0 Å². The molecule has 0 aliphatic heterocycles. The maximum Gasteiger partial charge on any atom is 0.126 e. The Kier molecular flexibility index (Phi) is 4.35. The fraction of sp³-hybridized carbons (Fsp3) is 0.250. The minimum absolute atomic E-state index is 0.228. The largest absolute Gasteiger partial charge is 0.508 e. The van der Waals surface area contributed by atoms with Gasteiger partial charge in [0.1, 0.15) is 29.6 Å². The summed E-state index contributed by atoms with van der Waals surface area (Å²) in [5.74, 6) is 2.32. The number of hydrogen-bond acceptors (Lipinski definition) is 4. The predicted molar refractivity (Wildman–Crippen MR) is 76.7 cm³/mol. The second kappa shape index (κ2) is 6.19. The van der Waals surface area contributed by atoms with Gasteiger partial charge in [-0.1, -0.05) is 6.07 Å². The molecule has 4 nitrogen and oxygen atoms in total. The maximum atomic E-state index is 9.64. The van der Waals surface area contributed by atoms with E-state index in [0.29, 0.717) is 12.4 Å². The van der Waals surface area contributed by atoms with Gasteiger partial charge in [0.05, 0.1) is 14.2 Å². The van der Waals surface area contributed by atoms with Gasteiger partial charge in [-0.15, -0.1) is 0 Å². The zero-order valence-corrected chi connectivity index (χ0v) is 11.8. The van der Waals surface area contributed by atoms with E-state index in [9.17, 15) is 5.11 Å². The van der Waals surface area contributed by atoms with Crippen molar-refractivity contribution in [1.82, 2.24) is 0 Å². The summed E-state index contributed by atoms with van der Waals surface area (Å²) >= 11 is 0. The van der Waals surface area contributed by atoms with Crippen molar-refractivity contribution in [3.8, 4) is 23.0 Å². The van der Waals surface area contributed by atoms with E-state index in [1.54, 1.807) is 26.4 Å². The van der Waals surface area contributed by atoms with Gasteiger partial charge in [-0.3, -0.25) is 0 Å². The smallest absolute Gasteiger partial charge is 0.126 e. The molecule has 0 atom stereocenters. The molecule has 0 spiro atoms. The van der Waals surface area contributed by atoms with E-state index in [2.05, 4.69) is 0 Å². The van der Waals surface area contributed by atoms with Crippen molar-refractivity contribution in [1.29, 1.82) is 0 Å². The van der Waals surface area contributed by atoms with Crippen molar-refractivity contribution in [2.45, 2.75) is 13.5 Å². The number of phenols is 1. The van der Waals surface area contributed by atoms with E-state index >= 15 is 0 Å². The van der Waals surface area contributed by atoms with Crippen molar-refractivity contribution in [2.24, 2.45) is 0 Å². The molecule has 0 amide bonds. The molecule has 20 heavy (non-hydrogen) atoms. The minimum atomic E-state index is 0.228. The van der Waals surface area contributed by atoms with Crippen LogP contribution < -0.4 is 14.2 Å². The van der Waals surface area contributed by atoms with E-state index in [-0.39, 0.29) is 5.75 Å². The Bertz CT molecular complexity index is 571. The molecule has 0 radical (unpaired) electrons. The molecule has 0 bridgehead atoms. The van der Waals surface area contributed by atoms with Crippen molar-refractivity contribution < 1.29 is 19.3 Å². The molecule has 0 saturated heterocycles. The van der Waals surface area contributed by atoms with Crippen LogP contribution in [0.15, 0.2) is 36.4 Å². The summed E-state index contributed by atoms with van der Waals surface area (Å²) in [6, 6.07) is 10.8. The summed E-state index contributed by atoms with van der Waals surface area (Å²) in [6.45, 7) is 2.19. The Balaban J connectivity index is 2.16. The van der Waals surface area contributed by atoms with Gasteiger partial charge in [0.25, 0.3) is 0 Å². The Morgan fingerprint density at radius 2 is 1.65 bits per heavy atom. The van der Waals surface area contributed by atoms with Crippen LogP contribution in [0.2, 0.25) is 0 Å². The first-order valence-electron chi connectivity index (χ1n) is 6.27. The molecule has 0 aromatic heterocycles. The van der Waals surface area contributed by atoms with Gasteiger partial charge in [-0.2, -0.15) is 0 Å². The Labute approximate surface area is 118 Å². The van der Waals surface area contributed by atoms with Crippen LogP contribution in [0.5, 0.6) is 23.0 Å². The molecule has 4 heteroatoms. The lowest BCUT2D eigenvalue weighted by molar-refractivity contribution is 0.299. The number of hydrogen-bond donors (Lipinski definition) is 1. The zero-order chi connectivity index (χ0) is 14.5. The van der Waals surface area contributed by atoms with Crippen LogP contribution in [0.25, 0.3) is 0 Å². The Hall–Kier alpha value is -2.36. The molecule has 0 heterocycles. The number of ether oxygens (including phenoxy) is 3. The maximum absolute atomic E-state index is 9.64. The summed E-state index contributed by atoms with van der Waals surface area (Å²) in [6.07, 6.45) is 0. The first-order valence-corrected chi connectivity index (χ1v) is 6.27. The van der Waals surface area contributed by atoms with Gasteiger partial charge in [-0.05, 0) is 36.8 Å². The lowest BCUT2D eigenvalue weighted by atomic mass is 10.2. The summed E-state index contributed by atoms with van der Waals surface area (Å²) < 4.78 is 16.2. The van der Waals surface area contributed by atoms with Gasteiger partial charge < -0.3 is 19.3 Å². The molecule has 0 aliphatic rings. The summed E-state index contributed by atoms with van der Waals surface area (Å²) in [4.78, 5) is 0. The fourth-order valence-corrected chi connectivity index (χ4v) is 1.87. The fourth-order valence-electron chi connectivity index (χ4n) is 1.87. The third kappa shape index (κ3) is 3.15. The molecular formula is C16H18O4. The van der Waals surface area contributed by atoms with Crippen LogP contribution in [0.3, 0.4) is 0 Å².